The van der Waals surface area contributed by atoms with E-state index in [4.69, 9.17) is 5.11 Å². The van der Waals surface area contributed by atoms with Crippen molar-refractivity contribution < 1.29 is 14.7 Å². The second-order valence-corrected chi connectivity index (χ2v) is 6.79. The van der Waals surface area contributed by atoms with Crippen LogP contribution in [-0.2, 0) is 16.0 Å². The van der Waals surface area contributed by atoms with E-state index in [1.54, 1.807) is 4.90 Å². The highest BCUT2D eigenvalue weighted by Crippen LogP contribution is 2.23. The van der Waals surface area contributed by atoms with Gasteiger partial charge >= 0.3 is 5.97 Å². The molecule has 1 aliphatic rings. The fraction of sp³-hybridized carbons (Fsp3) is 0.500. The first-order valence-corrected chi connectivity index (χ1v) is 7.91. The summed E-state index contributed by atoms with van der Waals surface area (Å²) in [7, 11) is 0. The number of carbonyl (C=O) groups is 2. The minimum absolute atomic E-state index is 0.00329. The molecule has 1 aliphatic heterocycles. The van der Waals surface area contributed by atoms with Crippen molar-refractivity contribution in [3.63, 3.8) is 0 Å². The molecule has 0 saturated carbocycles. The van der Waals surface area contributed by atoms with E-state index in [-0.39, 0.29) is 11.8 Å². The van der Waals surface area contributed by atoms with E-state index in [2.05, 4.69) is 15.9 Å². The number of carboxylic acids is 1. The summed E-state index contributed by atoms with van der Waals surface area (Å²) in [5.41, 5.74) is 2.08. The Balaban J connectivity index is 2.05. The molecule has 2 atom stereocenters. The van der Waals surface area contributed by atoms with Gasteiger partial charge in [-0.1, -0.05) is 35.0 Å². The van der Waals surface area contributed by atoms with Crippen LogP contribution in [0.3, 0.4) is 0 Å². The molecule has 1 fully saturated rings. The second-order valence-electron chi connectivity index (χ2n) is 5.94. The predicted molar refractivity (Wildman–Crippen MR) is 84.1 cm³/mol. The van der Waals surface area contributed by atoms with Crippen molar-refractivity contribution in [2.24, 2.45) is 11.8 Å². The normalized spacial score (nSPS) is 22.1. The lowest BCUT2D eigenvalue weighted by molar-refractivity contribution is -0.146. The van der Waals surface area contributed by atoms with Gasteiger partial charge in [0.15, 0.2) is 0 Å². The largest absolute Gasteiger partial charge is 0.481 e. The van der Waals surface area contributed by atoms with E-state index in [1.165, 1.54) is 0 Å². The first-order valence-electron chi connectivity index (χ1n) is 7.12. The molecule has 21 heavy (non-hydrogen) atoms. The minimum atomic E-state index is -0.808. The zero-order chi connectivity index (χ0) is 15.6. The van der Waals surface area contributed by atoms with Gasteiger partial charge in [-0.25, -0.2) is 0 Å². The predicted octanol–water partition coefficient (Wildman–Crippen LogP) is 2.87. The summed E-state index contributed by atoms with van der Waals surface area (Å²) in [6, 6.07) is 5.88. The molecule has 0 aromatic heterocycles. The lowest BCUT2D eigenvalue weighted by atomic mass is 9.90. The van der Waals surface area contributed by atoms with Crippen LogP contribution in [0.2, 0.25) is 0 Å². The maximum atomic E-state index is 12.4. The molecule has 1 aromatic rings. The van der Waals surface area contributed by atoms with Gasteiger partial charge < -0.3 is 10.0 Å². The number of likely N-dealkylation sites (tertiary alicyclic amines) is 1. The van der Waals surface area contributed by atoms with E-state index >= 15 is 0 Å². The molecule has 4 nitrogen and oxygen atoms in total. The standard InChI is InChI=1S/C16H20BrNO3/c1-10-5-13(16(20)21)9-18(8-10)15(19)7-12-4-3-11(2)14(17)6-12/h3-4,6,10,13H,5,7-9H2,1-2H3,(H,20,21). The molecule has 1 aromatic carbocycles. The van der Waals surface area contributed by atoms with Gasteiger partial charge in [0.05, 0.1) is 12.3 Å². The monoisotopic (exact) mass is 353 g/mol. The summed E-state index contributed by atoms with van der Waals surface area (Å²) in [5, 5.41) is 9.17. The second kappa shape index (κ2) is 6.60. The van der Waals surface area contributed by atoms with Crippen LogP contribution in [0.15, 0.2) is 22.7 Å². The van der Waals surface area contributed by atoms with Gasteiger partial charge in [0.1, 0.15) is 0 Å². The van der Waals surface area contributed by atoms with E-state index in [0.29, 0.717) is 25.9 Å². The smallest absolute Gasteiger partial charge is 0.308 e. The fourth-order valence-electron chi connectivity index (χ4n) is 2.77. The molecule has 2 unspecified atom stereocenters. The van der Waals surface area contributed by atoms with Gasteiger partial charge in [-0.15, -0.1) is 0 Å². The molecule has 0 aliphatic carbocycles. The third-order valence-electron chi connectivity index (χ3n) is 3.95. The number of rotatable bonds is 3. The maximum absolute atomic E-state index is 12.4. The Hall–Kier alpha value is -1.36. The molecule has 1 heterocycles. The van der Waals surface area contributed by atoms with Crippen molar-refractivity contribution in [2.75, 3.05) is 13.1 Å². The summed E-state index contributed by atoms with van der Waals surface area (Å²) in [4.78, 5) is 25.3. The number of aryl methyl sites for hydroxylation is 1. The van der Waals surface area contributed by atoms with E-state index < -0.39 is 11.9 Å². The average molecular weight is 354 g/mol. The number of halogens is 1. The Kier molecular flexibility index (Phi) is 5.04. The number of hydrogen-bond acceptors (Lipinski definition) is 2. The maximum Gasteiger partial charge on any atom is 0.308 e. The number of piperidine rings is 1. The van der Waals surface area contributed by atoms with Crippen molar-refractivity contribution >= 4 is 27.8 Å². The molecule has 0 radical (unpaired) electrons. The summed E-state index contributed by atoms with van der Waals surface area (Å²) < 4.78 is 0.989. The Bertz CT molecular complexity index is 558. The summed E-state index contributed by atoms with van der Waals surface area (Å²) >= 11 is 3.47. The summed E-state index contributed by atoms with van der Waals surface area (Å²) in [6.07, 6.45) is 0.965. The van der Waals surface area contributed by atoms with Gasteiger partial charge in [-0.2, -0.15) is 0 Å². The van der Waals surface area contributed by atoms with E-state index in [1.807, 2.05) is 32.0 Å². The Morgan fingerprint density at radius 1 is 1.38 bits per heavy atom. The molecule has 1 amide bonds. The number of hydrogen-bond donors (Lipinski definition) is 1. The van der Waals surface area contributed by atoms with Crippen molar-refractivity contribution in [2.45, 2.75) is 26.7 Å². The molecule has 5 heteroatoms. The van der Waals surface area contributed by atoms with Crippen LogP contribution >= 0.6 is 15.9 Å². The molecule has 1 saturated heterocycles. The average Bonchev–Trinajstić information content (AvgIpc) is 2.42. The highest BCUT2D eigenvalue weighted by Gasteiger charge is 2.31. The van der Waals surface area contributed by atoms with Crippen LogP contribution < -0.4 is 0 Å². The Morgan fingerprint density at radius 2 is 2.10 bits per heavy atom. The lowest BCUT2D eigenvalue weighted by Gasteiger charge is -2.34. The van der Waals surface area contributed by atoms with E-state index in [9.17, 15) is 9.59 Å². The van der Waals surface area contributed by atoms with Crippen LogP contribution in [0.4, 0.5) is 0 Å². The molecular weight excluding hydrogens is 334 g/mol. The van der Waals surface area contributed by atoms with Crippen molar-refractivity contribution in [3.8, 4) is 0 Å². The molecule has 114 valence electrons. The highest BCUT2D eigenvalue weighted by atomic mass is 79.9. The van der Waals surface area contributed by atoms with Crippen LogP contribution in [0.25, 0.3) is 0 Å². The fourth-order valence-corrected chi connectivity index (χ4v) is 3.19. The molecular formula is C16H20BrNO3. The van der Waals surface area contributed by atoms with Crippen molar-refractivity contribution in [1.82, 2.24) is 4.90 Å². The third kappa shape index (κ3) is 4.06. The van der Waals surface area contributed by atoms with Gasteiger partial charge in [0.25, 0.3) is 0 Å². The van der Waals surface area contributed by atoms with Crippen molar-refractivity contribution in [3.05, 3.63) is 33.8 Å². The molecule has 0 bridgehead atoms. The van der Waals surface area contributed by atoms with Crippen LogP contribution in [0, 0.1) is 18.8 Å². The minimum Gasteiger partial charge on any atom is -0.481 e. The summed E-state index contributed by atoms with van der Waals surface area (Å²) in [5.74, 6) is -1.02. The van der Waals surface area contributed by atoms with Crippen molar-refractivity contribution in [1.29, 1.82) is 0 Å². The van der Waals surface area contributed by atoms with Crippen LogP contribution in [-0.4, -0.2) is 35.0 Å². The SMILES string of the molecule is Cc1ccc(CC(=O)N2CC(C)CC(C(=O)O)C2)cc1Br. The van der Waals surface area contributed by atoms with Gasteiger partial charge in [-0.05, 0) is 36.5 Å². The van der Waals surface area contributed by atoms with Gasteiger partial charge in [0.2, 0.25) is 5.91 Å². The number of benzene rings is 1. The number of carboxylic acid groups (broad SMARTS) is 1. The topological polar surface area (TPSA) is 57.6 Å². The number of nitrogens with zero attached hydrogens (tertiary/aromatic N) is 1. The summed E-state index contributed by atoms with van der Waals surface area (Å²) in [6.45, 7) is 4.97. The number of aliphatic carboxylic acids is 1. The molecule has 0 spiro atoms. The first kappa shape index (κ1) is 16.0. The van der Waals surface area contributed by atoms with Crippen LogP contribution in [0.5, 0.6) is 0 Å². The first-order chi connectivity index (χ1) is 9.86. The number of carbonyl (C=O) groups excluding carboxylic acids is 1. The zero-order valence-corrected chi connectivity index (χ0v) is 13.9. The van der Waals surface area contributed by atoms with Crippen LogP contribution in [0.1, 0.15) is 24.5 Å². The Morgan fingerprint density at radius 3 is 2.71 bits per heavy atom. The zero-order valence-electron chi connectivity index (χ0n) is 12.3. The highest BCUT2D eigenvalue weighted by molar-refractivity contribution is 9.10. The van der Waals surface area contributed by atoms with Gasteiger partial charge in [-0.3, -0.25) is 9.59 Å². The quantitative estimate of drug-likeness (QED) is 0.908. The molecule has 2 rings (SSSR count). The Labute approximate surface area is 133 Å². The lowest BCUT2D eigenvalue weighted by Crippen LogP contribution is -2.46. The van der Waals surface area contributed by atoms with E-state index in [0.717, 1.165) is 15.6 Å². The molecule has 1 N–H and O–H groups in total. The van der Waals surface area contributed by atoms with Gasteiger partial charge in [0, 0.05) is 17.6 Å². The third-order valence-corrected chi connectivity index (χ3v) is 4.81. The number of amides is 1.